The Labute approximate surface area is 149 Å². The highest BCUT2D eigenvalue weighted by Gasteiger charge is 2.18. The Balaban J connectivity index is 1.54. The fraction of sp³-hybridized carbons (Fsp3) is 0.474. The van der Waals surface area contributed by atoms with Crippen LogP contribution in [0, 0.1) is 0 Å². The van der Waals surface area contributed by atoms with Gasteiger partial charge < -0.3 is 5.32 Å². The molecule has 2 amide bonds. The highest BCUT2D eigenvalue weighted by molar-refractivity contribution is 5.91. The summed E-state index contributed by atoms with van der Waals surface area (Å²) in [6, 6.07) is 11.6. The second-order valence-electron chi connectivity index (χ2n) is 6.53. The predicted octanol–water partition coefficient (Wildman–Crippen LogP) is 2.84. The third-order valence-electron chi connectivity index (χ3n) is 4.62. The van der Waals surface area contributed by atoms with E-state index in [1.54, 1.807) is 11.9 Å². The van der Waals surface area contributed by atoms with Crippen LogP contribution in [0.3, 0.4) is 0 Å². The van der Waals surface area contributed by atoms with E-state index in [1.807, 2.05) is 30.3 Å². The topological polar surface area (TPSA) is 53.4 Å². The number of aromatic nitrogens is 2. The van der Waals surface area contributed by atoms with Gasteiger partial charge in [0.05, 0.1) is 24.5 Å². The Bertz CT molecular complexity index is 697. The van der Waals surface area contributed by atoms with E-state index < -0.39 is 0 Å². The van der Waals surface area contributed by atoms with E-state index in [-0.39, 0.29) is 6.03 Å². The zero-order valence-electron chi connectivity index (χ0n) is 15.1. The standard InChI is InChI=1S/C19H27N5O/c1-3-4-10-23-11-12-24-18(15-23)13-16(21-24)14-20-19(25)22(2)17-8-6-5-7-9-17/h5-9,13H,3-4,10-12,14-15H2,1-2H3,(H,20,25). The molecule has 1 aliphatic rings. The number of para-hydroxylation sites is 1. The van der Waals surface area contributed by atoms with Crippen LogP contribution in [0.1, 0.15) is 31.2 Å². The Morgan fingerprint density at radius 2 is 2.08 bits per heavy atom. The number of amides is 2. The molecule has 6 nitrogen and oxygen atoms in total. The molecule has 3 rings (SSSR count). The molecule has 0 bridgehead atoms. The molecule has 0 saturated carbocycles. The molecule has 0 spiro atoms. The Hall–Kier alpha value is -2.34. The maximum atomic E-state index is 12.3. The predicted molar refractivity (Wildman–Crippen MR) is 99.5 cm³/mol. The zero-order valence-corrected chi connectivity index (χ0v) is 15.1. The first-order valence-electron chi connectivity index (χ1n) is 9.02. The van der Waals surface area contributed by atoms with Crippen LogP contribution in [-0.2, 0) is 19.6 Å². The van der Waals surface area contributed by atoms with Crippen molar-refractivity contribution in [2.45, 2.75) is 39.4 Å². The number of rotatable bonds is 6. The van der Waals surface area contributed by atoms with Crippen molar-refractivity contribution >= 4 is 11.7 Å². The summed E-state index contributed by atoms with van der Waals surface area (Å²) in [5.74, 6) is 0. The fourth-order valence-corrected chi connectivity index (χ4v) is 3.09. The number of anilines is 1. The van der Waals surface area contributed by atoms with E-state index in [0.29, 0.717) is 6.54 Å². The average molecular weight is 341 g/mol. The second-order valence-corrected chi connectivity index (χ2v) is 6.53. The zero-order chi connectivity index (χ0) is 17.6. The number of fused-ring (bicyclic) bond motifs is 1. The van der Waals surface area contributed by atoms with Gasteiger partial charge in [-0.25, -0.2) is 4.79 Å². The third kappa shape index (κ3) is 4.39. The van der Waals surface area contributed by atoms with Gasteiger partial charge in [0.1, 0.15) is 0 Å². The fourth-order valence-electron chi connectivity index (χ4n) is 3.09. The maximum absolute atomic E-state index is 12.3. The minimum Gasteiger partial charge on any atom is -0.332 e. The Kier molecular flexibility index (Phi) is 5.71. The largest absolute Gasteiger partial charge is 0.332 e. The van der Waals surface area contributed by atoms with Gasteiger partial charge in [0.2, 0.25) is 0 Å². The molecule has 2 aromatic rings. The lowest BCUT2D eigenvalue weighted by Gasteiger charge is -2.27. The summed E-state index contributed by atoms with van der Waals surface area (Å²) in [6.45, 7) is 6.75. The first-order valence-corrected chi connectivity index (χ1v) is 9.02. The van der Waals surface area contributed by atoms with Crippen LogP contribution in [0.2, 0.25) is 0 Å². The van der Waals surface area contributed by atoms with Crippen molar-refractivity contribution in [1.29, 1.82) is 0 Å². The smallest absolute Gasteiger partial charge is 0.321 e. The summed E-state index contributed by atoms with van der Waals surface area (Å²) in [7, 11) is 1.77. The number of carbonyl (C=O) groups is 1. The van der Waals surface area contributed by atoms with E-state index in [1.165, 1.54) is 18.5 Å². The van der Waals surface area contributed by atoms with Crippen LogP contribution in [0.15, 0.2) is 36.4 Å². The summed E-state index contributed by atoms with van der Waals surface area (Å²) in [6.07, 6.45) is 2.46. The molecular formula is C19H27N5O. The number of urea groups is 1. The molecule has 134 valence electrons. The van der Waals surface area contributed by atoms with Crippen molar-refractivity contribution in [2.24, 2.45) is 0 Å². The van der Waals surface area contributed by atoms with Gasteiger partial charge in [-0.2, -0.15) is 5.10 Å². The lowest BCUT2D eigenvalue weighted by molar-refractivity contribution is 0.210. The molecular weight excluding hydrogens is 314 g/mol. The average Bonchev–Trinajstić information content (AvgIpc) is 3.06. The van der Waals surface area contributed by atoms with Gasteiger partial charge in [0.15, 0.2) is 0 Å². The molecule has 25 heavy (non-hydrogen) atoms. The van der Waals surface area contributed by atoms with E-state index in [0.717, 1.165) is 37.6 Å². The molecule has 2 heterocycles. The van der Waals surface area contributed by atoms with Crippen molar-refractivity contribution < 1.29 is 4.79 Å². The van der Waals surface area contributed by atoms with Crippen LogP contribution in [-0.4, -0.2) is 40.8 Å². The lowest BCUT2D eigenvalue weighted by atomic mass is 10.2. The molecule has 0 atom stereocenters. The molecule has 0 radical (unpaired) electrons. The molecule has 0 saturated heterocycles. The number of unbranched alkanes of at least 4 members (excludes halogenated alkanes) is 1. The number of hydrogen-bond donors (Lipinski definition) is 1. The minimum absolute atomic E-state index is 0.123. The molecule has 1 N–H and O–H groups in total. The summed E-state index contributed by atoms with van der Waals surface area (Å²) in [5, 5.41) is 7.58. The van der Waals surface area contributed by atoms with Crippen molar-refractivity contribution in [3.63, 3.8) is 0 Å². The van der Waals surface area contributed by atoms with Gasteiger partial charge in [-0.1, -0.05) is 31.5 Å². The SMILES string of the molecule is CCCCN1CCn2nc(CNC(=O)N(C)c3ccccc3)cc2C1. The molecule has 1 aliphatic heterocycles. The molecule has 6 heteroatoms. The van der Waals surface area contributed by atoms with Crippen LogP contribution in [0.4, 0.5) is 10.5 Å². The highest BCUT2D eigenvalue weighted by Crippen LogP contribution is 2.15. The number of benzene rings is 1. The minimum atomic E-state index is -0.123. The number of carbonyl (C=O) groups excluding carboxylic acids is 1. The van der Waals surface area contributed by atoms with E-state index in [2.05, 4.69) is 33.0 Å². The highest BCUT2D eigenvalue weighted by atomic mass is 16.2. The van der Waals surface area contributed by atoms with Crippen molar-refractivity contribution in [3.05, 3.63) is 47.8 Å². The molecule has 1 aromatic heterocycles. The molecule has 0 aliphatic carbocycles. The number of nitrogens with zero attached hydrogens (tertiary/aromatic N) is 4. The van der Waals surface area contributed by atoms with Gasteiger partial charge in [-0.05, 0) is 31.2 Å². The van der Waals surface area contributed by atoms with Crippen molar-refractivity contribution in [1.82, 2.24) is 20.0 Å². The van der Waals surface area contributed by atoms with Gasteiger partial charge in [0.25, 0.3) is 0 Å². The molecule has 0 unspecified atom stereocenters. The van der Waals surface area contributed by atoms with Crippen LogP contribution in [0.5, 0.6) is 0 Å². The monoisotopic (exact) mass is 341 g/mol. The molecule has 0 fully saturated rings. The van der Waals surface area contributed by atoms with E-state index in [9.17, 15) is 4.79 Å². The summed E-state index contributed by atoms with van der Waals surface area (Å²) >= 11 is 0. The number of hydrogen-bond acceptors (Lipinski definition) is 3. The lowest BCUT2D eigenvalue weighted by Crippen LogP contribution is -2.37. The summed E-state index contributed by atoms with van der Waals surface area (Å²) in [4.78, 5) is 16.4. The maximum Gasteiger partial charge on any atom is 0.321 e. The van der Waals surface area contributed by atoms with Crippen LogP contribution >= 0.6 is 0 Å². The summed E-state index contributed by atoms with van der Waals surface area (Å²) < 4.78 is 2.07. The van der Waals surface area contributed by atoms with E-state index >= 15 is 0 Å². The quantitative estimate of drug-likeness (QED) is 0.879. The Morgan fingerprint density at radius 3 is 2.84 bits per heavy atom. The van der Waals surface area contributed by atoms with Gasteiger partial charge in [-0.3, -0.25) is 14.5 Å². The second kappa shape index (κ2) is 8.16. The molecule has 1 aromatic carbocycles. The number of nitrogens with one attached hydrogen (secondary N) is 1. The third-order valence-corrected chi connectivity index (χ3v) is 4.62. The van der Waals surface area contributed by atoms with Crippen LogP contribution in [0.25, 0.3) is 0 Å². The van der Waals surface area contributed by atoms with Crippen LogP contribution < -0.4 is 10.2 Å². The van der Waals surface area contributed by atoms with Gasteiger partial charge >= 0.3 is 6.03 Å². The first kappa shape index (κ1) is 17.5. The van der Waals surface area contributed by atoms with Crippen molar-refractivity contribution in [2.75, 3.05) is 25.0 Å². The normalized spacial score (nSPS) is 14.2. The van der Waals surface area contributed by atoms with Crippen molar-refractivity contribution in [3.8, 4) is 0 Å². The van der Waals surface area contributed by atoms with Gasteiger partial charge in [-0.15, -0.1) is 0 Å². The van der Waals surface area contributed by atoms with Gasteiger partial charge in [0, 0.05) is 25.8 Å². The Morgan fingerprint density at radius 1 is 1.28 bits per heavy atom. The summed E-state index contributed by atoms with van der Waals surface area (Å²) in [5.41, 5.74) is 3.03. The first-order chi connectivity index (χ1) is 12.2. The van der Waals surface area contributed by atoms with E-state index in [4.69, 9.17) is 0 Å².